The normalized spacial score (nSPS) is 10.5. The van der Waals surface area contributed by atoms with Crippen molar-refractivity contribution in [3.8, 4) is 0 Å². The van der Waals surface area contributed by atoms with E-state index in [1.54, 1.807) is 24.4 Å². The van der Waals surface area contributed by atoms with Crippen LogP contribution in [0.15, 0.2) is 59.3 Å². The van der Waals surface area contributed by atoms with Gasteiger partial charge in [-0.15, -0.1) is 0 Å². The molecule has 0 aliphatic carbocycles. The second-order valence-electron chi connectivity index (χ2n) is 5.38. The van der Waals surface area contributed by atoms with Crippen molar-refractivity contribution in [2.45, 2.75) is 13.5 Å². The lowest BCUT2D eigenvalue weighted by molar-refractivity contribution is -0.133. The Morgan fingerprint density at radius 3 is 2.75 bits per heavy atom. The van der Waals surface area contributed by atoms with E-state index in [1.165, 1.54) is 18.1 Å². The van der Waals surface area contributed by atoms with Gasteiger partial charge in [0, 0.05) is 18.5 Å². The smallest absolute Gasteiger partial charge is 0.244 e. The number of nitrogens with one attached hydrogen (secondary N) is 1. The first-order valence-electron chi connectivity index (χ1n) is 7.55. The van der Waals surface area contributed by atoms with Crippen LogP contribution >= 0.6 is 0 Å². The molecule has 0 aliphatic heterocycles. The Hall–Kier alpha value is -3.15. The van der Waals surface area contributed by atoms with E-state index in [2.05, 4.69) is 10.3 Å². The molecule has 2 heterocycles. The first-order chi connectivity index (χ1) is 11.6. The molecule has 3 rings (SSSR count). The van der Waals surface area contributed by atoms with Gasteiger partial charge in [-0.2, -0.15) is 0 Å². The number of pyridine rings is 1. The van der Waals surface area contributed by atoms with Crippen molar-refractivity contribution >= 4 is 28.4 Å². The average molecular weight is 323 g/mol. The van der Waals surface area contributed by atoms with Crippen LogP contribution in [0.3, 0.4) is 0 Å². The number of furan rings is 1. The Morgan fingerprint density at radius 1 is 1.17 bits per heavy atom. The van der Waals surface area contributed by atoms with E-state index < -0.39 is 0 Å². The van der Waals surface area contributed by atoms with Gasteiger partial charge in [0.05, 0.1) is 24.0 Å². The van der Waals surface area contributed by atoms with Gasteiger partial charge in [0.2, 0.25) is 11.8 Å². The summed E-state index contributed by atoms with van der Waals surface area (Å²) >= 11 is 0. The van der Waals surface area contributed by atoms with Crippen LogP contribution < -0.4 is 5.32 Å². The highest BCUT2D eigenvalue weighted by Gasteiger charge is 2.16. The predicted octanol–water partition coefficient (Wildman–Crippen LogP) is 2.82. The summed E-state index contributed by atoms with van der Waals surface area (Å²) in [4.78, 5) is 29.8. The zero-order chi connectivity index (χ0) is 16.9. The third-order valence-electron chi connectivity index (χ3n) is 3.61. The minimum atomic E-state index is -0.282. The summed E-state index contributed by atoms with van der Waals surface area (Å²) in [5.74, 6) is 0.150. The van der Waals surface area contributed by atoms with E-state index in [0.29, 0.717) is 17.0 Å². The number of carbonyl (C=O) groups is 2. The molecule has 6 heteroatoms. The van der Waals surface area contributed by atoms with E-state index in [0.717, 1.165) is 5.39 Å². The maximum Gasteiger partial charge on any atom is 0.244 e. The second kappa shape index (κ2) is 6.95. The molecule has 2 aromatic heterocycles. The van der Waals surface area contributed by atoms with Crippen LogP contribution in [0.5, 0.6) is 0 Å². The Labute approximate surface area is 139 Å². The van der Waals surface area contributed by atoms with Crippen LogP contribution in [0.1, 0.15) is 12.7 Å². The van der Waals surface area contributed by atoms with Crippen molar-refractivity contribution in [2.24, 2.45) is 0 Å². The van der Waals surface area contributed by atoms with E-state index in [9.17, 15) is 9.59 Å². The zero-order valence-corrected chi connectivity index (χ0v) is 13.2. The lowest BCUT2D eigenvalue weighted by atomic mass is 10.2. The summed E-state index contributed by atoms with van der Waals surface area (Å²) < 4.78 is 5.24. The van der Waals surface area contributed by atoms with E-state index in [4.69, 9.17) is 4.42 Å². The summed E-state index contributed by atoms with van der Waals surface area (Å²) in [6.07, 6.45) is 3.21. The molecular weight excluding hydrogens is 306 g/mol. The third kappa shape index (κ3) is 3.60. The molecule has 0 saturated carbocycles. The highest BCUT2D eigenvalue weighted by atomic mass is 16.3. The number of aromatic nitrogens is 1. The van der Waals surface area contributed by atoms with E-state index in [-0.39, 0.29) is 24.9 Å². The van der Waals surface area contributed by atoms with Crippen LogP contribution in [0.2, 0.25) is 0 Å². The number of rotatable bonds is 5. The molecule has 1 N–H and O–H groups in total. The minimum absolute atomic E-state index is 0.0563. The number of nitrogens with zero attached hydrogens (tertiary/aromatic N) is 2. The molecule has 0 spiro atoms. The van der Waals surface area contributed by atoms with Gasteiger partial charge in [0.15, 0.2) is 0 Å². The van der Waals surface area contributed by atoms with Crippen molar-refractivity contribution in [2.75, 3.05) is 11.9 Å². The molecule has 0 bridgehead atoms. The third-order valence-corrected chi connectivity index (χ3v) is 3.61. The first-order valence-corrected chi connectivity index (χ1v) is 7.55. The molecule has 0 fully saturated rings. The van der Waals surface area contributed by atoms with Crippen molar-refractivity contribution in [3.05, 3.63) is 60.7 Å². The fourth-order valence-corrected chi connectivity index (χ4v) is 2.44. The second-order valence-corrected chi connectivity index (χ2v) is 5.38. The van der Waals surface area contributed by atoms with Gasteiger partial charge in [-0.25, -0.2) is 0 Å². The van der Waals surface area contributed by atoms with Gasteiger partial charge in [-0.1, -0.05) is 18.2 Å². The van der Waals surface area contributed by atoms with Crippen LogP contribution in [0.4, 0.5) is 5.69 Å². The van der Waals surface area contributed by atoms with Crippen LogP contribution in [-0.2, 0) is 16.1 Å². The van der Waals surface area contributed by atoms with E-state index in [1.807, 2.05) is 24.3 Å². The zero-order valence-electron chi connectivity index (χ0n) is 13.2. The highest BCUT2D eigenvalue weighted by molar-refractivity contribution is 6.01. The van der Waals surface area contributed by atoms with Crippen LogP contribution in [0, 0.1) is 0 Å². The Morgan fingerprint density at radius 2 is 2.00 bits per heavy atom. The van der Waals surface area contributed by atoms with Gasteiger partial charge in [-0.05, 0) is 24.3 Å². The van der Waals surface area contributed by atoms with Gasteiger partial charge >= 0.3 is 0 Å². The lowest BCUT2D eigenvalue weighted by Gasteiger charge is -2.19. The standard InChI is InChI=1S/C18H17N3O3/c1-13(22)21(11-15-7-4-10-24-15)12-17(23)20-16-8-2-5-14-6-3-9-19-18(14)16/h2-10H,11-12H2,1H3,(H,20,23). The van der Waals surface area contributed by atoms with Gasteiger partial charge in [0.1, 0.15) is 12.3 Å². The highest BCUT2D eigenvalue weighted by Crippen LogP contribution is 2.20. The molecule has 0 radical (unpaired) electrons. The fourth-order valence-electron chi connectivity index (χ4n) is 2.44. The molecule has 0 unspecified atom stereocenters. The summed E-state index contributed by atoms with van der Waals surface area (Å²) in [5.41, 5.74) is 1.34. The minimum Gasteiger partial charge on any atom is -0.467 e. The summed E-state index contributed by atoms with van der Waals surface area (Å²) in [6, 6.07) is 12.9. The quantitative estimate of drug-likeness (QED) is 0.783. The summed E-state index contributed by atoms with van der Waals surface area (Å²) in [6.45, 7) is 1.62. The van der Waals surface area contributed by atoms with E-state index >= 15 is 0 Å². The van der Waals surface area contributed by atoms with Gasteiger partial charge < -0.3 is 14.6 Å². The monoisotopic (exact) mass is 323 g/mol. The van der Waals surface area contributed by atoms with Crippen molar-refractivity contribution in [1.82, 2.24) is 9.88 Å². The lowest BCUT2D eigenvalue weighted by Crippen LogP contribution is -2.36. The summed E-state index contributed by atoms with van der Waals surface area (Å²) in [5, 5.41) is 3.76. The van der Waals surface area contributed by atoms with Crippen molar-refractivity contribution < 1.29 is 14.0 Å². The largest absolute Gasteiger partial charge is 0.467 e. The molecule has 6 nitrogen and oxygen atoms in total. The fraction of sp³-hybridized carbons (Fsp3) is 0.167. The number of carbonyl (C=O) groups excluding carboxylic acids is 2. The number of hydrogen-bond donors (Lipinski definition) is 1. The molecule has 24 heavy (non-hydrogen) atoms. The maximum atomic E-state index is 12.3. The first kappa shape index (κ1) is 15.7. The number of fused-ring (bicyclic) bond motifs is 1. The van der Waals surface area contributed by atoms with Crippen LogP contribution in [0.25, 0.3) is 10.9 Å². The Balaban J connectivity index is 1.72. The van der Waals surface area contributed by atoms with Crippen LogP contribution in [-0.4, -0.2) is 28.2 Å². The molecule has 0 saturated heterocycles. The number of amides is 2. The van der Waals surface area contributed by atoms with Gasteiger partial charge in [0.25, 0.3) is 0 Å². The number of benzene rings is 1. The molecule has 3 aromatic rings. The predicted molar refractivity (Wildman–Crippen MR) is 90.2 cm³/mol. The molecule has 1 aromatic carbocycles. The molecule has 0 aliphatic rings. The molecule has 2 amide bonds. The molecule has 122 valence electrons. The maximum absolute atomic E-state index is 12.3. The Kier molecular flexibility index (Phi) is 4.56. The topological polar surface area (TPSA) is 75.4 Å². The number of para-hydroxylation sites is 1. The van der Waals surface area contributed by atoms with Gasteiger partial charge in [-0.3, -0.25) is 14.6 Å². The summed E-state index contributed by atoms with van der Waals surface area (Å²) in [7, 11) is 0. The number of hydrogen-bond acceptors (Lipinski definition) is 4. The van der Waals surface area contributed by atoms with Crippen molar-refractivity contribution in [1.29, 1.82) is 0 Å². The molecular formula is C18H17N3O3. The average Bonchev–Trinajstić information content (AvgIpc) is 3.07. The number of anilines is 1. The molecule has 0 atom stereocenters. The van der Waals surface area contributed by atoms with Crippen molar-refractivity contribution in [3.63, 3.8) is 0 Å². The Bertz CT molecular complexity index is 854. The SMILES string of the molecule is CC(=O)N(CC(=O)Nc1cccc2cccnc12)Cc1ccco1.